The second kappa shape index (κ2) is 12.7. The monoisotopic (exact) mass is 595 g/mol. The van der Waals surface area contributed by atoms with Gasteiger partial charge in [0.05, 0.1) is 5.70 Å². The molecule has 0 bridgehead atoms. The van der Waals surface area contributed by atoms with Crippen molar-refractivity contribution in [3.8, 4) is 0 Å². The minimum absolute atomic E-state index is 0.141. The number of carbonyl (C=O) groups excluding carboxylic acids is 2. The fraction of sp³-hybridized carbons (Fsp3) is 0.0698. The number of aryl methyl sites for hydroxylation is 1. The summed E-state index contributed by atoms with van der Waals surface area (Å²) in [6.07, 6.45) is 1.46. The van der Waals surface area contributed by atoms with Crippen LogP contribution in [0.15, 0.2) is 169 Å². The molecule has 1 aliphatic carbocycles. The average molecular weight is 596 g/mol. The number of anilines is 1. The molecule has 0 heterocycles. The molecule has 7 rings (SSSR count). The van der Waals surface area contributed by atoms with Crippen LogP contribution in [-0.4, -0.2) is 11.6 Å². The molecule has 0 radical (unpaired) electrons. The Morgan fingerprint density at radius 1 is 0.478 bits per heavy atom. The van der Waals surface area contributed by atoms with Crippen LogP contribution in [-0.2, 0) is 0 Å². The summed E-state index contributed by atoms with van der Waals surface area (Å²) in [6, 6.07) is 53.3. The number of benzene rings is 6. The van der Waals surface area contributed by atoms with Gasteiger partial charge >= 0.3 is 0 Å². The second-order valence-corrected chi connectivity index (χ2v) is 11.7. The van der Waals surface area contributed by atoms with E-state index in [-0.39, 0.29) is 29.1 Å². The first-order valence-electron chi connectivity index (χ1n) is 15.6. The van der Waals surface area contributed by atoms with Crippen molar-refractivity contribution < 1.29 is 9.59 Å². The van der Waals surface area contributed by atoms with Gasteiger partial charge in [-0.2, -0.15) is 0 Å². The molecule has 0 aromatic heterocycles. The summed E-state index contributed by atoms with van der Waals surface area (Å²) < 4.78 is 0. The average Bonchev–Trinajstić information content (AvgIpc) is 3.10. The highest BCUT2D eigenvalue weighted by atomic mass is 16.1. The molecule has 0 aliphatic heterocycles. The third-order valence-electron chi connectivity index (χ3n) is 8.71. The third-order valence-corrected chi connectivity index (χ3v) is 8.71. The maximum absolute atomic E-state index is 14.0. The Bertz CT molecular complexity index is 1870. The van der Waals surface area contributed by atoms with Crippen LogP contribution in [0.25, 0.3) is 0 Å². The Kier molecular flexibility index (Phi) is 7.97. The predicted octanol–water partition coefficient (Wildman–Crippen LogP) is 9.73. The molecule has 6 aromatic carbocycles. The molecule has 1 N–H and O–H groups in total. The van der Waals surface area contributed by atoms with E-state index in [0.29, 0.717) is 11.1 Å². The molecule has 0 saturated heterocycles. The lowest BCUT2D eigenvalue weighted by Gasteiger charge is -2.30. The van der Waals surface area contributed by atoms with Crippen molar-refractivity contribution in [3.63, 3.8) is 0 Å². The number of hydrogen-bond donors (Lipinski definition) is 1. The topological polar surface area (TPSA) is 46.2 Å². The lowest BCUT2D eigenvalue weighted by Crippen LogP contribution is -2.23. The van der Waals surface area contributed by atoms with Gasteiger partial charge in [-0.05, 0) is 40.3 Å². The quantitative estimate of drug-likeness (QED) is 0.178. The van der Waals surface area contributed by atoms with Gasteiger partial charge in [-0.3, -0.25) is 9.59 Å². The van der Waals surface area contributed by atoms with E-state index in [0.717, 1.165) is 44.6 Å². The van der Waals surface area contributed by atoms with Crippen LogP contribution in [0.3, 0.4) is 0 Å². The first-order valence-corrected chi connectivity index (χ1v) is 15.6. The Morgan fingerprint density at radius 3 is 1.26 bits per heavy atom. The van der Waals surface area contributed by atoms with Crippen molar-refractivity contribution in [2.75, 3.05) is 5.32 Å². The van der Waals surface area contributed by atoms with Gasteiger partial charge in [0, 0.05) is 34.7 Å². The Balaban J connectivity index is 1.51. The summed E-state index contributed by atoms with van der Waals surface area (Å²) in [5.41, 5.74) is 9.65. The van der Waals surface area contributed by atoms with Crippen molar-refractivity contribution in [2.24, 2.45) is 0 Å². The van der Waals surface area contributed by atoms with Gasteiger partial charge in [0.2, 0.25) is 5.78 Å². The summed E-state index contributed by atoms with van der Waals surface area (Å²) in [5.74, 6) is -0.658. The molecule has 0 unspecified atom stereocenters. The molecular formula is C43H33NO2. The number of ketones is 2. The molecule has 0 amide bonds. The lowest BCUT2D eigenvalue weighted by molar-refractivity contribution is 0.0985. The second-order valence-electron chi connectivity index (χ2n) is 11.7. The number of Topliss-reactive ketones (excluding diaryl/α,β-unsaturated/α-hetero) is 1. The van der Waals surface area contributed by atoms with Crippen LogP contribution in [0, 0.1) is 6.92 Å². The van der Waals surface area contributed by atoms with Crippen molar-refractivity contribution in [1.29, 1.82) is 0 Å². The van der Waals surface area contributed by atoms with Crippen LogP contribution in [0.5, 0.6) is 0 Å². The van der Waals surface area contributed by atoms with Crippen LogP contribution in [0.2, 0.25) is 0 Å². The zero-order valence-corrected chi connectivity index (χ0v) is 25.6. The van der Waals surface area contributed by atoms with E-state index in [1.807, 2.05) is 24.3 Å². The predicted molar refractivity (Wildman–Crippen MR) is 186 cm³/mol. The number of fused-ring (bicyclic) bond motifs is 1. The summed E-state index contributed by atoms with van der Waals surface area (Å²) in [6.45, 7) is 2.13. The normalized spacial score (nSPS) is 12.6. The highest BCUT2D eigenvalue weighted by Crippen LogP contribution is 2.45. The molecule has 3 nitrogen and oxygen atoms in total. The molecule has 222 valence electrons. The van der Waals surface area contributed by atoms with Crippen LogP contribution < -0.4 is 5.32 Å². The molecule has 3 heteroatoms. The van der Waals surface area contributed by atoms with E-state index in [1.54, 1.807) is 24.3 Å². The fourth-order valence-corrected chi connectivity index (χ4v) is 6.67. The number of carbonyl (C=O) groups is 2. The van der Waals surface area contributed by atoms with Crippen molar-refractivity contribution in [3.05, 3.63) is 220 Å². The van der Waals surface area contributed by atoms with E-state index in [9.17, 15) is 9.59 Å². The number of hydrogen-bond acceptors (Lipinski definition) is 3. The molecule has 6 aromatic rings. The first kappa shape index (κ1) is 28.9. The van der Waals surface area contributed by atoms with Gasteiger partial charge in [0.15, 0.2) is 5.78 Å². The van der Waals surface area contributed by atoms with Crippen LogP contribution >= 0.6 is 0 Å². The van der Waals surface area contributed by atoms with E-state index < -0.39 is 0 Å². The smallest absolute Gasteiger partial charge is 0.210 e. The maximum Gasteiger partial charge on any atom is 0.210 e. The standard InChI is InChI=1S/C43H33NO2/c1-29-26-36(40(30-16-6-2-7-17-30)31-18-8-3-9-19-31)42(44-38-28-39(45)34-24-14-15-25-35(34)43(38)46)37(27-29)41(32-20-10-4-11-21-32)33-22-12-5-13-23-33/h2-28,40-41,44H,1H3. The van der Waals surface area contributed by atoms with Crippen molar-refractivity contribution in [2.45, 2.75) is 18.8 Å². The molecule has 0 saturated carbocycles. The Morgan fingerprint density at radius 2 is 0.848 bits per heavy atom. The van der Waals surface area contributed by atoms with E-state index >= 15 is 0 Å². The van der Waals surface area contributed by atoms with E-state index in [4.69, 9.17) is 0 Å². The summed E-state index contributed by atoms with van der Waals surface area (Å²) >= 11 is 0. The van der Waals surface area contributed by atoms with Crippen LogP contribution in [0.1, 0.15) is 71.5 Å². The maximum atomic E-state index is 14.0. The molecule has 1 aliphatic rings. The van der Waals surface area contributed by atoms with Gasteiger partial charge in [-0.25, -0.2) is 0 Å². The number of allylic oxidation sites excluding steroid dienone is 2. The third kappa shape index (κ3) is 5.60. The van der Waals surface area contributed by atoms with Crippen LogP contribution in [0.4, 0.5) is 5.69 Å². The molecule has 46 heavy (non-hydrogen) atoms. The number of rotatable bonds is 8. The highest BCUT2D eigenvalue weighted by molar-refractivity contribution is 6.25. The molecule has 0 atom stereocenters. The summed E-state index contributed by atoms with van der Waals surface area (Å²) in [5, 5.41) is 3.60. The number of nitrogens with one attached hydrogen (secondary N) is 1. The van der Waals surface area contributed by atoms with Crippen molar-refractivity contribution >= 4 is 17.3 Å². The largest absolute Gasteiger partial charge is 0.352 e. The summed E-state index contributed by atoms with van der Waals surface area (Å²) in [4.78, 5) is 27.3. The summed E-state index contributed by atoms with van der Waals surface area (Å²) in [7, 11) is 0. The van der Waals surface area contributed by atoms with Gasteiger partial charge in [-0.15, -0.1) is 0 Å². The fourth-order valence-electron chi connectivity index (χ4n) is 6.67. The highest BCUT2D eigenvalue weighted by Gasteiger charge is 2.31. The van der Waals surface area contributed by atoms with Crippen molar-refractivity contribution in [1.82, 2.24) is 0 Å². The lowest BCUT2D eigenvalue weighted by atomic mass is 9.78. The van der Waals surface area contributed by atoms with Gasteiger partial charge in [-0.1, -0.05) is 163 Å². The molecule has 0 spiro atoms. The molecular weight excluding hydrogens is 562 g/mol. The first-order chi connectivity index (χ1) is 22.6. The van der Waals surface area contributed by atoms with Gasteiger partial charge in [0.25, 0.3) is 0 Å². The molecule has 0 fully saturated rings. The van der Waals surface area contributed by atoms with E-state index in [2.05, 4.69) is 121 Å². The minimum Gasteiger partial charge on any atom is -0.352 e. The van der Waals surface area contributed by atoms with Gasteiger partial charge in [0.1, 0.15) is 0 Å². The Hall–Kier alpha value is -5.80. The SMILES string of the molecule is Cc1cc(C(c2ccccc2)c2ccccc2)c(NC2=CC(=O)c3ccccc3C2=O)c(C(c2ccccc2)c2ccccc2)c1. The van der Waals surface area contributed by atoms with Gasteiger partial charge < -0.3 is 5.32 Å². The van der Waals surface area contributed by atoms with E-state index in [1.165, 1.54) is 6.08 Å². The zero-order valence-electron chi connectivity index (χ0n) is 25.6. The minimum atomic E-state index is -0.195. The Labute approximate surface area is 269 Å². The zero-order chi connectivity index (χ0) is 31.5.